The maximum atomic E-state index is 11.7. The molecule has 0 saturated carbocycles. The van der Waals surface area contributed by atoms with E-state index in [1.807, 2.05) is 0 Å². The van der Waals surface area contributed by atoms with Gasteiger partial charge < -0.3 is 19.9 Å². The molecule has 1 aliphatic rings. The molecule has 0 atom stereocenters. The molecule has 1 aromatic carbocycles. The summed E-state index contributed by atoms with van der Waals surface area (Å²) in [6.07, 6.45) is 1.30. The number of hydrogen-bond donors (Lipinski definition) is 2. The Balaban J connectivity index is 2.04. The lowest BCUT2D eigenvalue weighted by Gasteiger charge is -2.15. The molecule has 0 aromatic heterocycles. The molecule has 0 aliphatic carbocycles. The van der Waals surface area contributed by atoms with E-state index in [0.29, 0.717) is 18.9 Å². The number of aliphatic hydroxyl groups is 1. The van der Waals surface area contributed by atoms with Crippen LogP contribution in [0.3, 0.4) is 0 Å². The van der Waals surface area contributed by atoms with Gasteiger partial charge in [-0.25, -0.2) is 0 Å². The standard InChI is InChI=1S/C12H13NO4/c14-7-9-2-1-3-10(6-9)13-12(15)11-8-16-4-5-17-11/h1-3,6,8,14H,4-5,7H2,(H,13,15). The first-order chi connectivity index (χ1) is 8.29. The molecule has 1 heterocycles. The number of nitrogens with one attached hydrogen (secondary N) is 1. The van der Waals surface area contributed by atoms with Gasteiger partial charge in [-0.1, -0.05) is 12.1 Å². The topological polar surface area (TPSA) is 67.8 Å². The quantitative estimate of drug-likeness (QED) is 0.820. The van der Waals surface area contributed by atoms with Gasteiger partial charge >= 0.3 is 0 Å². The summed E-state index contributed by atoms with van der Waals surface area (Å²) in [7, 11) is 0. The van der Waals surface area contributed by atoms with Gasteiger partial charge in [0.25, 0.3) is 5.91 Å². The normalized spacial score (nSPS) is 14.3. The molecule has 0 bridgehead atoms. The molecule has 5 nitrogen and oxygen atoms in total. The van der Waals surface area contributed by atoms with E-state index < -0.39 is 0 Å². The lowest BCUT2D eigenvalue weighted by atomic mass is 10.2. The molecule has 0 spiro atoms. The van der Waals surface area contributed by atoms with Crippen molar-refractivity contribution >= 4 is 11.6 Å². The summed E-state index contributed by atoms with van der Waals surface area (Å²) in [5.41, 5.74) is 1.34. The number of aliphatic hydroxyl groups excluding tert-OH is 1. The van der Waals surface area contributed by atoms with Crippen molar-refractivity contribution < 1.29 is 19.4 Å². The average molecular weight is 235 g/mol. The molecule has 1 aliphatic heterocycles. The molecule has 2 rings (SSSR count). The van der Waals surface area contributed by atoms with Gasteiger partial charge in [0.2, 0.25) is 5.76 Å². The van der Waals surface area contributed by atoms with E-state index in [0.717, 1.165) is 5.56 Å². The number of benzene rings is 1. The molecule has 0 unspecified atom stereocenters. The molecule has 17 heavy (non-hydrogen) atoms. The SMILES string of the molecule is O=C(Nc1cccc(CO)c1)C1=COCCO1. The van der Waals surface area contributed by atoms with Crippen LogP contribution in [0.25, 0.3) is 0 Å². The second-order valence-electron chi connectivity index (χ2n) is 3.51. The zero-order chi connectivity index (χ0) is 12.1. The van der Waals surface area contributed by atoms with Gasteiger partial charge in [0.1, 0.15) is 19.5 Å². The minimum atomic E-state index is -0.361. The van der Waals surface area contributed by atoms with Crippen LogP contribution in [-0.2, 0) is 20.9 Å². The molecular weight excluding hydrogens is 222 g/mol. The van der Waals surface area contributed by atoms with Crippen LogP contribution in [0.5, 0.6) is 0 Å². The Hall–Kier alpha value is -2.01. The zero-order valence-corrected chi connectivity index (χ0v) is 9.18. The highest BCUT2D eigenvalue weighted by Crippen LogP contribution is 2.13. The van der Waals surface area contributed by atoms with Crippen molar-refractivity contribution in [2.24, 2.45) is 0 Å². The predicted octanol–water partition coefficient (Wildman–Crippen LogP) is 1.01. The first-order valence-electron chi connectivity index (χ1n) is 5.25. The summed E-state index contributed by atoms with van der Waals surface area (Å²) in [6.45, 7) is 0.763. The van der Waals surface area contributed by atoms with Gasteiger partial charge in [-0.3, -0.25) is 4.79 Å². The molecule has 1 amide bonds. The van der Waals surface area contributed by atoms with Gasteiger partial charge in [0.05, 0.1) is 6.61 Å². The number of rotatable bonds is 3. The summed E-state index contributed by atoms with van der Waals surface area (Å²) in [5.74, 6) is -0.203. The van der Waals surface area contributed by atoms with Crippen molar-refractivity contribution in [2.45, 2.75) is 6.61 Å². The smallest absolute Gasteiger partial charge is 0.294 e. The maximum absolute atomic E-state index is 11.7. The Bertz CT molecular complexity index is 442. The van der Waals surface area contributed by atoms with Gasteiger partial charge in [0, 0.05) is 5.69 Å². The number of carbonyl (C=O) groups excluding carboxylic acids is 1. The maximum Gasteiger partial charge on any atom is 0.294 e. The lowest BCUT2D eigenvalue weighted by Crippen LogP contribution is -2.21. The highest BCUT2D eigenvalue weighted by atomic mass is 16.6. The lowest BCUT2D eigenvalue weighted by molar-refractivity contribution is -0.117. The third kappa shape index (κ3) is 2.98. The van der Waals surface area contributed by atoms with Crippen LogP contribution >= 0.6 is 0 Å². The summed E-state index contributed by atoms with van der Waals surface area (Å²) in [5, 5.41) is 11.6. The molecule has 90 valence electrons. The molecule has 0 saturated heterocycles. The van der Waals surface area contributed by atoms with E-state index in [-0.39, 0.29) is 18.3 Å². The minimum Gasteiger partial charge on any atom is -0.494 e. The van der Waals surface area contributed by atoms with Gasteiger partial charge in [-0.05, 0) is 17.7 Å². The number of carbonyl (C=O) groups is 1. The fraction of sp³-hybridized carbons (Fsp3) is 0.250. The zero-order valence-electron chi connectivity index (χ0n) is 9.18. The Labute approximate surface area is 98.7 Å². The third-order valence-corrected chi connectivity index (χ3v) is 2.24. The third-order valence-electron chi connectivity index (χ3n) is 2.24. The van der Waals surface area contributed by atoms with Crippen molar-refractivity contribution in [3.63, 3.8) is 0 Å². The van der Waals surface area contributed by atoms with Crippen molar-refractivity contribution in [1.29, 1.82) is 0 Å². The fourth-order valence-corrected chi connectivity index (χ4v) is 1.43. The molecule has 0 fully saturated rings. The van der Waals surface area contributed by atoms with Gasteiger partial charge in [-0.2, -0.15) is 0 Å². The van der Waals surface area contributed by atoms with E-state index in [1.165, 1.54) is 6.26 Å². The van der Waals surface area contributed by atoms with Crippen LogP contribution in [0.4, 0.5) is 5.69 Å². The first kappa shape index (κ1) is 11.5. The fourth-order valence-electron chi connectivity index (χ4n) is 1.43. The second-order valence-corrected chi connectivity index (χ2v) is 3.51. The van der Waals surface area contributed by atoms with E-state index in [2.05, 4.69) is 5.32 Å². The number of anilines is 1. The Morgan fingerprint density at radius 1 is 1.41 bits per heavy atom. The van der Waals surface area contributed by atoms with Crippen LogP contribution in [0.2, 0.25) is 0 Å². The predicted molar refractivity (Wildman–Crippen MR) is 61.0 cm³/mol. The van der Waals surface area contributed by atoms with E-state index >= 15 is 0 Å². The summed E-state index contributed by atoms with van der Waals surface area (Å²) in [6, 6.07) is 6.96. The van der Waals surface area contributed by atoms with Crippen LogP contribution in [0.1, 0.15) is 5.56 Å². The van der Waals surface area contributed by atoms with Crippen LogP contribution in [-0.4, -0.2) is 24.2 Å². The Morgan fingerprint density at radius 2 is 2.29 bits per heavy atom. The summed E-state index contributed by atoms with van der Waals surface area (Å²) in [4.78, 5) is 11.7. The summed E-state index contributed by atoms with van der Waals surface area (Å²) >= 11 is 0. The molecular formula is C12H13NO4. The van der Waals surface area contributed by atoms with Crippen LogP contribution in [0.15, 0.2) is 36.3 Å². The molecule has 0 radical (unpaired) electrons. The van der Waals surface area contributed by atoms with Crippen molar-refractivity contribution in [2.75, 3.05) is 18.5 Å². The number of ether oxygens (including phenoxy) is 2. The van der Waals surface area contributed by atoms with Crippen LogP contribution in [0, 0.1) is 0 Å². The first-order valence-corrected chi connectivity index (χ1v) is 5.25. The van der Waals surface area contributed by atoms with Crippen molar-refractivity contribution in [1.82, 2.24) is 0 Å². The highest BCUT2D eigenvalue weighted by Gasteiger charge is 2.14. The van der Waals surface area contributed by atoms with E-state index in [9.17, 15) is 4.79 Å². The highest BCUT2D eigenvalue weighted by molar-refractivity contribution is 6.02. The largest absolute Gasteiger partial charge is 0.494 e. The number of hydrogen-bond acceptors (Lipinski definition) is 4. The number of amides is 1. The van der Waals surface area contributed by atoms with Crippen molar-refractivity contribution in [3.05, 3.63) is 41.9 Å². The van der Waals surface area contributed by atoms with Crippen LogP contribution < -0.4 is 5.32 Å². The molecule has 1 aromatic rings. The Kier molecular flexibility index (Phi) is 3.62. The van der Waals surface area contributed by atoms with Gasteiger partial charge in [-0.15, -0.1) is 0 Å². The molecule has 5 heteroatoms. The Morgan fingerprint density at radius 3 is 3.00 bits per heavy atom. The average Bonchev–Trinajstić information content (AvgIpc) is 2.40. The second kappa shape index (κ2) is 5.36. The van der Waals surface area contributed by atoms with E-state index in [1.54, 1.807) is 24.3 Å². The monoisotopic (exact) mass is 235 g/mol. The van der Waals surface area contributed by atoms with Crippen molar-refractivity contribution in [3.8, 4) is 0 Å². The summed E-state index contributed by atoms with van der Waals surface area (Å²) < 4.78 is 10.1. The molecule has 2 N–H and O–H groups in total. The minimum absolute atomic E-state index is 0.0635. The van der Waals surface area contributed by atoms with Gasteiger partial charge in [0.15, 0.2) is 0 Å². The van der Waals surface area contributed by atoms with E-state index in [4.69, 9.17) is 14.6 Å².